The van der Waals surface area contributed by atoms with Crippen molar-refractivity contribution in [3.63, 3.8) is 0 Å². The molecule has 1 aliphatic heterocycles. The SMILES string of the molecule is COc1cccc(-c2nc(C(=O)N3CCNC(=O)C[C@@H]3c3ccccc3)cs2)c1OC. The van der Waals surface area contributed by atoms with E-state index < -0.39 is 0 Å². The van der Waals surface area contributed by atoms with Crippen molar-refractivity contribution in [1.29, 1.82) is 0 Å². The van der Waals surface area contributed by atoms with Gasteiger partial charge in [0.05, 0.1) is 32.2 Å². The second-order valence-corrected chi connectivity index (χ2v) is 7.92. The fraction of sp³-hybridized carbons (Fsp3) is 0.261. The van der Waals surface area contributed by atoms with E-state index in [1.807, 2.05) is 48.5 Å². The Morgan fingerprint density at radius 3 is 2.68 bits per heavy atom. The molecule has 2 amide bonds. The van der Waals surface area contributed by atoms with E-state index in [4.69, 9.17) is 9.47 Å². The molecule has 1 aliphatic rings. The fourth-order valence-corrected chi connectivity index (χ4v) is 4.56. The van der Waals surface area contributed by atoms with E-state index in [0.717, 1.165) is 11.1 Å². The third-order valence-electron chi connectivity index (χ3n) is 5.23. The summed E-state index contributed by atoms with van der Waals surface area (Å²) in [6.45, 7) is 0.827. The molecule has 0 unspecified atom stereocenters. The minimum atomic E-state index is -0.340. The lowest BCUT2D eigenvalue weighted by molar-refractivity contribution is -0.121. The topological polar surface area (TPSA) is 80.8 Å². The Kier molecular flexibility index (Phi) is 6.18. The lowest BCUT2D eigenvalue weighted by atomic mass is 10.0. The number of benzene rings is 2. The number of nitrogens with one attached hydrogen (secondary N) is 1. The van der Waals surface area contributed by atoms with Crippen LogP contribution in [0.25, 0.3) is 10.6 Å². The molecular weight excluding hydrogens is 414 g/mol. The van der Waals surface area contributed by atoms with Crippen molar-refractivity contribution in [2.24, 2.45) is 0 Å². The molecule has 2 aromatic carbocycles. The number of carbonyl (C=O) groups is 2. The van der Waals surface area contributed by atoms with E-state index >= 15 is 0 Å². The van der Waals surface area contributed by atoms with Gasteiger partial charge in [0.15, 0.2) is 11.5 Å². The van der Waals surface area contributed by atoms with Gasteiger partial charge in [0, 0.05) is 18.5 Å². The van der Waals surface area contributed by atoms with Crippen molar-refractivity contribution in [3.05, 3.63) is 65.2 Å². The van der Waals surface area contributed by atoms with Crippen molar-refractivity contribution in [2.45, 2.75) is 12.5 Å². The molecule has 3 aromatic rings. The maximum Gasteiger partial charge on any atom is 0.273 e. The number of aromatic nitrogens is 1. The number of methoxy groups -OCH3 is 2. The van der Waals surface area contributed by atoms with Gasteiger partial charge in [0.2, 0.25) is 5.91 Å². The summed E-state index contributed by atoms with van der Waals surface area (Å²) in [6, 6.07) is 14.8. The largest absolute Gasteiger partial charge is 0.493 e. The minimum Gasteiger partial charge on any atom is -0.493 e. The van der Waals surface area contributed by atoms with Crippen LogP contribution in [0.2, 0.25) is 0 Å². The third kappa shape index (κ3) is 4.25. The predicted molar refractivity (Wildman–Crippen MR) is 119 cm³/mol. The number of amides is 2. The van der Waals surface area contributed by atoms with Crippen LogP contribution in [-0.2, 0) is 4.79 Å². The number of rotatable bonds is 5. The smallest absolute Gasteiger partial charge is 0.273 e. The Morgan fingerprint density at radius 1 is 1.13 bits per heavy atom. The molecule has 7 nitrogen and oxygen atoms in total. The molecule has 0 radical (unpaired) electrons. The van der Waals surface area contributed by atoms with E-state index in [1.165, 1.54) is 11.3 Å². The summed E-state index contributed by atoms with van der Waals surface area (Å²) < 4.78 is 10.9. The molecule has 1 saturated heterocycles. The average molecular weight is 438 g/mol. The van der Waals surface area contributed by atoms with E-state index in [0.29, 0.717) is 35.3 Å². The highest BCUT2D eigenvalue weighted by atomic mass is 32.1. The van der Waals surface area contributed by atoms with Crippen LogP contribution in [0.4, 0.5) is 0 Å². The fourth-order valence-electron chi connectivity index (χ4n) is 3.74. The van der Waals surface area contributed by atoms with Gasteiger partial charge >= 0.3 is 0 Å². The Morgan fingerprint density at radius 2 is 1.94 bits per heavy atom. The van der Waals surface area contributed by atoms with Gasteiger partial charge in [0.25, 0.3) is 5.91 Å². The maximum absolute atomic E-state index is 13.4. The van der Waals surface area contributed by atoms with Gasteiger partial charge in [-0.2, -0.15) is 0 Å². The number of thiazole rings is 1. The summed E-state index contributed by atoms with van der Waals surface area (Å²) in [7, 11) is 3.16. The first-order valence-corrected chi connectivity index (χ1v) is 10.8. The summed E-state index contributed by atoms with van der Waals surface area (Å²) >= 11 is 1.37. The average Bonchev–Trinajstić information content (AvgIpc) is 3.22. The molecule has 1 aromatic heterocycles. The zero-order valence-electron chi connectivity index (χ0n) is 17.3. The highest BCUT2D eigenvalue weighted by molar-refractivity contribution is 7.13. The van der Waals surface area contributed by atoms with Gasteiger partial charge in [-0.1, -0.05) is 36.4 Å². The van der Waals surface area contributed by atoms with Crippen LogP contribution in [0.3, 0.4) is 0 Å². The van der Waals surface area contributed by atoms with Gasteiger partial charge in [-0.3, -0.25) is 9.59 Å². The van der Waals surface area contributed by atoms with Crippen LogP contribution in [0.5, 0.6) is 11.5 Å². The molecule has 1 atom stereocenters. The first-order chi connectivity index (χ1) is 15.1. The second-order valence-electron chi connectivity index (χ2n) is 7.06. The van der Waals surface area contributed by atoms with Gasteiger partial charge in [-0.25, -0.2) is 4.98 Å². The number of para-hydroxylation sites is 1. The van der Waals surface area contributed by atoms with Crippen LogP contribution < -0.4 is 14.8 Å². The van der Waals surface area contributed by atoms with Crippen LogP contribution in [0.15, 0.2) is 53.9 Å². The molecule has 0 aliphatic carbocycles. The zero-order chi connectivity index (χ0) is 21.8. The van der Waals surface area contributed by atoms with Gasteiger partial charge in [-0.15, -0.1) is 11.3 Å². The molecular formula is C23H23N3O4S. The maximum atomic E-state index is 13.4. The normalized spacial score (nSPS) is 16.4. The first kappa shape index (κ1) is 20.9. The highest BCUT2D eigenvalue weighted by Crippen LogP contribution is 2.39. The quantitative estimate of drug-likeness (QED) is 0.661. The molecule has 0 saturated carbocycles. The number of carbonyl (C=O) groups excluding carboxylic acids is 2. The van der Waals surface area contributed by atoms with Crippen molar-refractivity contribution >= 4 is 23.2 Å². The molecule has 2 heterocycles. The van der Waals surface area contributed by atoms with Crippen molar-refractivity contribution in [2.75, 3.05) is 27.3 Å². The monoisotopic (exact) mass is 437 g/mol. The molecule has 4 rings (SSSR count). The Balaban J connectivity index is 1.67. The number of nitrogens with zero attached hydrogens (tertiary/aromatic N) is 2. The van der Waals surface area contributed by atoms with Crippen molar-refractivity contribution < 1.29 is 19.1 Å². The van der Waals surface area contributed by atoms with Crippen LogP contribution in [-0.4, -0.2) is 49.0 Å². The van der Waals surface area contributed by atoms with E-state index in [2.05, 4.69) is 10.3 Å². The Hall–Kier alpha value is -3.39. The lowest BCUT2D eigenvalue weighted by Crippen LogP contribution is -2.36. The van der Waals surface area contributed by atoms with Crippen LogP contribution in [0.1, 0.15) is 28.5 Å². The van der Waals surface area contributed by atoms with Crippen molar-refractivity contribution in [1.82, 2.24) is 15.2 Å². The van der Waals surface area contributed by atoms with Crippen LogP contribution in [0, 0.1) is 0 Å². The highest BCUT2D eigenvalue weighted by Gasteiger charge is 2.31. The number of hydrogen-bond acceptors (Lipinski definition) is 6. The molecule has 0 spiro atoms. The summed E-state index contributed by atoms with van der Waals surface area (Å²) in [5, 5.41) is 5.27. The lowest BCUT2D eigenvalue weighted by Gasteiger charge is -2.29. The molecule has 1 N–H and O–H groups in total. The van der Waals surface area contributed by atoms with Crippen molar-refractivity contribution in [3.8, 4) is 22.1 Å². The van der Waals surface area contributed by atoms with E-state index in [1.54, 1.807) is 24.5 Å². The molecule has 160 valence electrons. The summed E-state index contributed by atoms with van der Waals surface area (Å²) in [5.74, 6) is 0.911. The van der Waals surface area contributed by atoms with Gasteiger partial charge < -0.3 is 19.7 Å². The Bertz CT molecular complexity index is 1080. The first-order valence-electron chi connectivity index (χ1n) is 9.92. The van der Waals surface area contributed by atoms with Gasteiger partial charge in [0.1, 0.15) is 10.7 Å². The second kappa shape index (κ2) is 9.18. The summed E-state index contributed by atoms with van der Waals surface area (Å²) in [4.78, 5) is 32.0. The minimum absolute atomic E-state index is 0.0655. The van der Waals surface area contributed by atoms with Crippen LogP contribution >= 0.6 is 11.3 Å². The third-order valence-corrected chi connectivity index (χ3v) is 6.11. The standard InChI is InChI=1S/C23H23N3O4S/c1-29-19-10-6-9-16(21(19)30-2)22-25-17(14-31-22)23(28)26-12-11-24-20(27)13-18(26)15-7-4-3-5-8-15/h3-10,14,18H,11-13H2,1-2H3,(H,24,27)/t18-/m1/s1. The molecule has 8 heteroatoms. The molecule has 31 heavy (non-hydrogen) atoms. The number of hydrogen-bond donors (Lipinski definition) is 1. The van der Waals surface area contributed by atoms with E-state index in [9.17, 15) is 9.59 Å². The summed E-state index contributed by atoms with van der Waals surface area (Å²) in [6.07, 6.45) is 0.219. The zero-order valence-corrected chi connectivity index (χ0v) is 18.1. The van der Waals surface area contributed by atoms with E-state index in [-0.39, 0.29) is 24.3 Å². The molecule has 0 bridgehead atoms. The summed E-state index contributed by atoms with van der Waals surface area (Å²) in [5.41, 5.74) is 2.04. The number of ether oxygens (including phenoxy) is 2. The predicted octanol–water partition coefficient (Wildman–Crippen LogP) is 3.53. The molecule has 1 fully saturated rings. The van der Waals surface area contributed by atoms with Gasteiger partial charge in [-0.05, 0) is 17.7 Å². The Labute approximate surface area is 184 Å².